The largest absolute Gasteiger partial charge is 0.325 e. The molecule has 4 nitrogen and oxygen atoms in total. The van der Waals surface area contributed by atoms with Crippen LogP contribution in [0.3, 0.4) is 0 Å². The zero-order valence-electron chi connectivity index (χ0n) is 17.1. The van der Waals surface area contributed by atoms with Crippen molar-refractivity contribution >= 4 is 45.7 Å². The summed E-state index contributed by atoms with van der Waals surface area (Å²) in [7, 11) is 0. The second kappa shape index (κ2) is 9.49. The van der Waals surface area contributed by atoms with Gasteiger partial charge >= 0.3 is 0 Å². The SMILES string of the molecule is Cc1ccccc1C(=O)Nc1cccc(SCC(=O)Nc2cccc3ccccc23)c1. The van der Waals surface area contributed by atoms with Crippen LogP contribution in [0.5, 0.6) is 0 Å². The Kier molecular flexibility index (Phi) is 6.34. The van der Waals surface area contributed by atoms with Gasteiger partial charge in [-0.05, 0) is 48.2 Å². The molecule has 0 aliphatic carbocycles. The van der Waals surface area contributed by atoms with Crippen molar-refractivity contribution in [3.05, 3.63) is 102 Å². The van der Waals surface area contributed by atoms with Crippen LogP contribution < -0.4 is 10.6 Å². The van der Waals surface area contributed by atoms with Crippen LogP contribution in [0.1, 0.15) is 15.9 Å². The molecule has 154 valence electrons. The van der Waals surface area contributed by atoms with Crippen LogP contribution in [0.2, 0.25) is 0 Å². The number of amides is 2. The third-order valence-corrected chi connectivity index (χ3v) is 5.91. The Morgan fingerprint density at radius 3 is 2.42 bits per heavy atom. The molecule has 4 rings (SSSR count). The summed E-state index contributed by atoms with van der Waals surface area (Å²) < 4.78 is 0. The summed E-state index contributed by atoms with van der Waals surface area (Å²) in [6, 6.07) is 28.8. The third kappa shape index (κ3) is 5.13. The number of carbonyl (C=O) groups is 2. The highest BCUT2D eigenvalue weighted by molar-refractivity contribution is 8.00. The third-order valence-electron chi connectivity index (χ3n) is 4.92. The fraction of sp³-hybridized carbons (Fsp3) is 0.0769. The number of hydrogen-bond donors (Lipinski definition) is 2. The van der Waals surface area contributed by atoms with Gasteiger partial charge in [0.05, 0.1) is 5.75 Å². The summed E-state index contributed by atoms with van der Waals surface area (Å²) >= 11 is 1.43. The first-order chi connectivity index (χ1) is 15.1. The summed E-state index contributed by atoms with van der Waals surface area (Å²) in [5.74, 6) is 0.0583. The molecule has 5 heteroatoms. The van der Waals surface area contributed by atoms with Gasteiger partial charge in [-0.3, -0.25) is 9.59 Å². The van der Waals surface area contributed by atoms with Gasteiger partial charge in [-0.15, -0.1) is 11.8 Å². The van der Waals surface area contributed by atoms with Crippen LogP contribution >= 0.6 is 11.8 Å². The quantitative estimate of drug-likeness (QED) is 0.365. The molecule has 0 aliphatic rings. The molecule has 0 saturated heterocycles. The molecule has 31 heavy (non-hydrogen) atoms. The van der Waals surface area contributed by atoms with Gasteiger partial charge in [0.1, 0.15) is 0 Å². The van der Waals surface area contributed by atoms with E-state index in [0.717, 1.165) is 26.9 Å². The van der Waals surface area contributed by atoms with Crippen molar-refractivity contribution in [3.63, 3.8) is 0 Å². The second-order valence-corrected chi connectivity index (χ2v) is 8.21. The lowest BCUT2D eigenvalue weighted by atomic mass is 10.1. The van der Waals surface area contributed by atoms with Gasteiger partial charge in [-0.1, -0.05) is 60.7 Å². The van der Waals surface area contributed by atoms with Gasteiger partial charge in [-0.25, -0.2) is 0 Å². The van der Waals surface area contributed by atoms with Crippen molar-refractivity contribution in [1.82, 2.24) is 0 Å². The van der Waals surface area contributed by atoms with E-state index >= 15 is 0 Å². The average Bonchev–Trinajstić information content (AvgIpc) is 2.78. The number of hydrogen-bond acceptors (Lipinski definition) is 3. The first-order valence-electron chi connectivity index (χ1n) is 9.97. The molecule has 4 aromatic rings. The predicted octanol–water partition coefficient (Wildman–Crippen LogP) is 6.13. The Morgan fingerprint density at radius 2 is 1.55 bits per heavy atom. The lowest BCUT2D eigenvalue weighted by molar-refractivity contribution is -0.113. The minimum atomic E-state index is -0.144. The van der Waals surface area contributed by atoms with E-state index < -0.39 is 0 Å². The molecule has 2 N–H and O–H groups in total. The molecule has 2 amide bonds. The standard InChI is InChI=1S/C26H22N2O2S/c1-18-8-2-4-13-22(18)26(30)27-20-11-7-12-21(16-20)31-17-25(29)28-24-15-6-10-19-9-3-5-14-23(19)24/h2-16H,17H2,1H3,(H,27,30)(H,28,29). The molecule has 0 aromatic heterocycles. The van der Waals surface area contributed by atoms with Crippen molar-refractivity contribution in [2.24, 2.45) is 0 Å². The van der Waals surface area contributed by atoms with Crippen molar-refractivity contribution < 1.29 is 9.59 Å². The molecular weight excluding hydrogens is 404 g/mol. The van der Waals surface area contributed by atoms with Gasteiger partial charge in [0.2, 0.25) is 5.91 Å². The lowest BCUT2D eigenvalue weighted by Gasteiger charge is -2.10. The minimum absolute atomic E-state index is 0.0734. The molecule has 0 aliphatic heterocycles. The van der Waals surface area contributed by atoms with Crippen molar-refractivity contribution in [1.29, 1.82) is 0 Å². The number of aryl methyl sites for hydroxylation is 1. The van der Waals surface area contributed by atoms with E-state index in [0.29, 0.717) is 11.3 Å². The van der Waals surface area contributed by atoms with Gasteiger partial charge in [-0.2, -0.15) is 0 Å². The number of nitrogens with one attached hydrogen (secondary N) is 2. The van der Waals surface area contributed by atoms with Crippen molar-refractivity contribution in [2.75, 3.05) is 16.4 Å². The topological polar surface area (TPSA) is 58.2 Å². The molecule has 0 atom stereocenters. The Balaban J connectivity index is 1.38. The van der Waals surface area contributed by atoms with Crippen LogP contribution in [0.15, 0.2) is 95.9 Å². The smallest absolute Gasteiger partial charge is 0.255 e. The van der Waals surface area contributed by atoms with E-state index in [1.54, 1.807) is 6.07 Å². The number of thioether (sulfide) groups is 1. The molecule has 0 radical (unpaired) electrons. The Bertz CT molecular complexity index is 1250. The molecule has 0 spiro atoms. The number of anilines is 2. The van der Waals surface area contributed by atoms with Crippen molar-refractivity contribution in [3.8, 4) is 0 Å². The Labute approximate surface area is 185 Å². The lowest BCUT2D eigenvalue weighted by Crippen LogP contribution is -2.14. The van der Waals surface area contributed by atoms with Gasteiger partial charge in [0.15, 0.2) is 0 Å². The van der Waals surface area contributed by atoms with Crippen LogP contribution in [0.4, 0.5) is 11.4 Å². The van der Waals surface area contributed by atoms with E-state index in [2.05, 4.69) is 10.6 Å². The molecule has 0 unspecified atom stereocenters. The number of benzene rings is 4. The highest BCUT2D eigenvalue weighted by Gasteiger charge is 2.10. The normalized spacial score (nSPS) is 10.6. The predicted molar refractivity (Wildman–Crippen MR) is 129 cm³/mol. The number of rotatable bonds is 6. The maximum atomic E-state index is 12.5. The molecule has 0 fully saturated rings. The van der Waals surface area contributed by atoms with Gasteiger partial charge < -0.3 is 10.6 Å². The summed E-state index contributed by atoms with van der Waals surface area (Å²) in [4.78, 5) is 26.0. The highest BCUT2D eigenvalue weighted by Crippen LogP contribution is 2.25. The number of carbonyl (C=O) groups excluding carboxylic acids is 2. The van der Waals surface area contributed by atoms with E-state index in [-0.39, 0.29) is 17.6 Å². The Hall–Kier alpha value is -3.57. The summed E-state index contributed by atoms with van der Waals surface area (Å²) in [5.41, 5.74) is 3.08. The fourth-order valence-corrected chi connectivity index (χ4v) is 4.11. The van der Waals surface area contributed by atoms with E-state index in [4.69, 9.17) is 0 Å². The van der Waals surface area contributed by atoms with E-state index in [1.807, 2.05) is 91.9 Å². The maximum Gasteiger partial charge on any atom is 0.255 e. The van der Waals surface area contributed by atoms with Crippen LogP contribution in [0, 0.1) is 6.92 Å². The highest BCUT2D eigenvalue weighted by atomic mass is 32.2. The molecule has 4 aromatic carbocycles. The van der Waals surface area contributed by atoms with E-state index in [1.165, 1.54) is 11.8 Å². The summed E-state index contributed by atoms with van der Waals surface area (Å²) in [6.07, 6.45) is 0. The van der Waals surface area contributed by atoms with Crippen molar-refractivity contribution in [2.45, 2.75) is 11.8 Å². The van der Waals surface area contributed by atoms with Crippen LogP contribution in [-0.2, 0) is 4.79 Å². The van der Waals surface area contributed by atoms with Gasteiger partial charge in [0.25, 0.3) is 5.91 Å². The van der Waals surface area contributed by atoms with Gasteiger partial charge in [0, 0.05) is 27.2 Å². The van der Waals surface area contributed by atoms with E-state index in [9.17, 15) is 9.59 Å². The molecule has 0 heterocycles. The molecule has 0 bridgehead atoms. The average molecular weight is 427 g/mol. The second-order valence-electron chi connectivity index (χ2n) is 7.16. The zero-order valence-corrected chi connectivity index (χ0v) is 17.9. The maximum absolute atomic E-state index is 12.5. The number of fused-ring (bicyclic) bond motifs is 1. The molecule has 0 saturated carbocycles. The van der Waals surface area contributed by atoms with Crippen LogP contribution in [0.25, 0.3) is 10.8 Å². The molecular formula is C26H22N2O2S. The first kappa shape index (κ1) is 20.7. The Morgan fingerprint density at radius 1 is 0.806 bits per heavy atom. The minimum Gasteiger partial charge on any atom is -0.325 e. The zero-order chi connectivity index (χ0) is 21.6. The fourth-order valence-electron chi connectivity index (χ4n) is 3.36. The van der Waals surface area contributed by atoms with Crippen LogP contribution in [-0.4, -0.2) is 17.6 Å². The summed E-state index contributed by atoms with van der Waals surface area (Å²) in [5, 5.41) is 8.04. The first-order valence-corrected chi connectivity index (χ1v) is 11.0. The monoisotopic (exact) mass is 426 g/mol. The summed E-state index contributed by atoms with van der Waals surface area (Å²) in [6.45, 7) is 1.91.